The van der Waals surface area contributed by atoms with Crippen molar-refractivity contribution in [3.05, 3.63) is 65.2 Å². The van der Waals surface area contributed by atoms with Crippen LogP contribution in [0.2, 0.25) is 0 Å². The lowest BCUT2D eigenvalue weighted by molar-refractivity contribution is -0.937. The minimum Gasteiger partial charge on any atom is -1.00 e. The summed E-state index contributed by atoms with van der Waals surface area (Å²) in [5, 5.41) is 3.25. The molecule has 0 aromatic heterocycles. The molecule has 2 aliphatic rings. The zero-order valence-corrected chi connectivity index (χ0v) is 17.5. The molecule has 1 fully saturated rings. The number of hydrogen-bond acceptors (Lipinski definition) is 1. The third kappa shape index (κ3) is 4.80. The van der Waals surface area contributed by atoms with Crippen LogP contribution in [-0.2, 0) is 24.2 Å². The number of carbonyl (C=O) groups excluding carboxylic acids is 1. The van der Waals surface area contributed by atoms with Crippen molar-refractivity contribution in [2.75, 3.05) is 25.0 Å². The summed E-state index contributed by atoms with van der Waals surface area (Å²) in [6.45, 7) is 3.75. The van der Waals surface area contributed by atoms with Gasteiger partial charge in [0.2, 0.25) is 0 Å². The molecule has 144 valence electrons. The van der Waals surface area contributed by atoms with E-state index in [4.69, 9.17) is 0 Å². The van der Waals surface area contributed by atoms with E-state index in [2.05, 4.69) is 53.8 Å². The maximum absolute atomic E-state index is 12.9. The average Bonchev–Trinajstić information content (AvgIpc) is 3.13. The average molecular weight is 429 g/mol. The molecule has 3 nitrogen and oxygen atoms in total. The van der Waals surface area contributed by atoms with Crippen molar-refractivity contribution in [3.63, 3.8) is 0 Å². The molecule has 1 amide bonds. The number of likely N-dealkylation sites (tertiary alicyclic amines) is 1. The Kier molecular flexibility index (Phi) is 6.72. The molecular formula is C23H29BrN2O. The molecule has 0 atom stereocenters. The Hall–Kier alpha value is -1.65. The number of piperidine rings is 1. The minimum absolute atomic E-state index is 0. The lowest BCUT2D eigenvalue weighted by Crippen LogP contribution is -3.00. The maximum Gasteiger partial charge on any atom is 0.279 e. The summed E-state index contributed by atoms with van der Waals surface area (Å²) in [4.78, 5) is 12.9. The van der Waals surface area contributed by atoms with Crippen LogP contribution in [0.1, 0.15) is 42.4 Å². The number of amides is 1. The van der Waals surface area contributed by atoms with E-state index in [9.17, 15) is 4.79 Å². The zero-order chi connectivity index (χ0) is 17.8. The van der Waals surface area contributed by atoms with Crippen molar-refractivity contribution >= 4 is 11.6 Å². The van der Waals surface area contributed by atoms with Crippen LogP contribution in [0, 0.1) is 0 Å². The summed E-state index contributed by atoms with van der Waals surface area (Å²) in [5.41, 5.74) is 5.14. The van der Waals surface area contributed by atoms with Crippen molar-refractivity contribution < 1.29 is 26.3 Å². The van der Waals surface area contributed by atoms with Crippen LogP contribution in [0.3, 0.4) is 0 Å². The lowest BCUT2D eigenvalue weighted by atomic mass is 10.0. The van der Waals surface area contributed by atoms with Gasteiger partial charge in [-0.1, -0.05) is 42.5 Å². The molecule has 0 bridgehead atoms. The Morgan fingerprint density at radius 2 is 1.67 bits per heavy atom. The van der Waals surface area contributed by atoms with Gasteiger partial charge in [-0.25, -0.2) is 0 Å². The van der Waals surface area contributed by atoms with Crippen LogP contribution in [0.4, 0.5) is 5.69 Å². The van der Waals surface area contributed by atoms with Gasteiger partial charge in [0.1, 0.15) is 6.54 Å². The van der Waals surface area contributed by atoms with Gasteiger partial charge in [-0.2, -0.15) is 0 Å². The molecule has 4 rings (SSSR count). The highest BCUT2D eigenvalue weighted by atomic mass is 79.9. The predicted molar refractivity (Wildman–Crippen MR) is 106 cm³/mol. The lowest BCUT2D eigenvalue weighted by Gasteiger charge is -2.41. The monoisotopic (exact) mass is 428 g/mol. The number of halogens is 1. The van der Waals surface area contributed by atoms with Gasteiger partial charge in [0, 0.05) is 11.3 Å². The molecule has 0 spiro atoms. The first-order chi connectivity index (χ1) is 12.7. The van der Waals surface area contributed by atoms with E-state index in [0.29, 0.717) is 6.54 Å². The van der Waals surface area contributed by atoms with E-state index < -0.39 is 0 Å². The van der Waals surface area contributed by atoms with E-state index in [1.807, 2.05) is 0 Å². The van der Waals surface area contributed by atoms with E-state index in [0.717, 1.165) is 42.6 Å². The normalized spacial score (nSPS) is 17.6. The second kappa shape index (κ2) is 9.03. The van der Waals surface area contributed by atoms with Gasteiger partial charge in [0.15, 0.2) is 6.54 Å². The Labute approximate surface area is 173 Å². The highest BCUT2D eigenvalue weighted by Gasteiger charge is 2.33. The molecule has 0 unspecified atom stereocenters. The Balaban J connectivity index is 0.00000210. The van der Waals surface area contributed by atoms with Gasteiger partial charge in [0.25, 0.3) is 5.91 Å². The molecule has 2 aromatic rings. The SMILES string of the molecule is O=C(C[N+]1(Cc2ccccc2)CCCCC1)Nc1cccc2c1CCC2.[Br-]. The topological polar surface area (TPSA) is 29.1 Å². The van der Waals surface area contributed by atoms with Gasteiger partial charge in [0.05, 0.1) is 13.1 Å². The molecule has 1 saturated heterocycles. The van der Waals surface area contributed by atoms with Crippen LogP contribution >= 0.6 is 0 Å². The molecular weight excluding hydrogens is 400 g/mol. The van der Waals surface area contributed by atoms with Gasteiger partial charge in [-0.05, 0) is 55.7 Å². The molecule has 0 radical (unpaired) electrons. The highest BCUT2D eigenvalue weighted by molar-refractivity contribution is 5.92. The first-order valence-electron chi connectivity index (χ1n) is 10.0. The summed E-state index contributed by atoms with van der Waals surface area (Å²) >= 11 is 0. The van der Waals surface area contributed by atoms with Crippen LogP contribution in [0.5, 0.6) is 0 Å². The number of quaternary nitrogens is 1. The van der Waals surface area contributed by atoms with E-state index >= 15 is 0 Å². The number of nitrogens with one attached hydrogen (secondary N) is 1. The molecule has 2 aromatic carbocycles. The first-order valence-corrected chi connectivity index (χ1v) is 10.0. The number of hydrogen-bond donors (Lipinski definition) is 1. The van der Waals surface area contributed by atoms with Crippen molar-refractivity contribution in [1.82, 2.24) is 0 Å². The quantitative estimate of drug-likeness (QED) is 0.714. The number of rotatable bonds is 5. The fraction of sp³-hybridized carbons (Fsp3) is 0.435. The fourth-order valence-corrected chi connectivity index (χ4v) is 4.76. The van der Waals surface area contributed by atoms with Gasteiger partial charge < -0.3 is 26.8 Å². The van der Waals surface area contributed by atoms with Crippen LogP contribution in [0.15, 0.2) is 48.5 Å². The molecule has 0 saturated carbocycles. The van der Waals surface area contributed by atoms with Gasteiger partial charge in [-0.3, -0.25) is 4.79 Å². The number of anilines is 1. The van der Waals surface area contributed by atoms with Crippen LogP contribution in [-0.4, -0.2) is 30.0 Å². The van der Waals surface area contributed by atoms with E-state index in [1.54, 1.807) is 0 Å². The first kappa shape index (κ1) is 20.1. The van der Waals surface area contributed by atoms with Crippen molar-refractivity contribution in [3.8, 4) is 0 Å². The zero-order valence-electron chi connectivity index (χ0n) is 15.9. The Morgan fingerprint density at radius 1 is 0.889 bits per heavy atom. The minimum atomic E-state index is 0. The summed E-state index contributed by atoms with van der Waals surface area (Å²) in [6, 6.07) is 17.0. The second-order valence-electron chi connectivity index (χ2n) is 8.00. The maximum atomic E-state index is 12.9. The predicted octanol–water partition coefficient (Wildman–Crippen LogP) is 1.32. The smallest absolute Gasteiger partial charge is 0.279 e. The third-order valence-corrected chi connectivity index (χ3v) is 6.02. The largest absolute Gasteiger partial charge is 1.00 e. The second-order valence-corrected chi connectivity index (χ2v) is 8.00. The third-order valence-electron chi connectivity index (χ3n) is 6.02. The Morgan fingerprint density at radius 3 is 2.44 bits per heavy atom. The van der Waals surface area contributed by atoms with Crippen molar-refractivity contribution in [2.24, 2.45) is 0 Å². The molecule has 1 N–H and O–H groups in total. The number of aryl methyl sites for hydroxylation is 1. The molecule has 1 aliphatic heterocycles. The summed E-state index contributed by atoms with van der Waals surface area (Å²) in [6.07, 6.45) is 7.18. The number of nitrogens with zero attached hydrogens (tertiary/aromatic N) is 1. The van der Waals surface area contributed by atoms with Crippen molar-refractivity contribution in [1.29, 1.82) is 0 Å². The molecule has 1 heterocycles. The molecule has 27 heavy (non-hydrogen) atoms. The summed E-state index contributed by atoms with van der Waals surface area (Å²) < 4.78 is 0.894. The number of carbonyl (C=O) groups is 1. The van der Waals surface area contributed by atoms with Crippen LogP contribution < -0.4 is 22.3 Å². The van der Waals surface area contributed by atoms with Crippen molar-refractivity contribution in [2.45, 2.75) is 45.1 Å². The molecule has 1 aliphatic carbocycles. The fourth-order valence-electron chi connectivity index (χ4n) is 4.76. The van der Waals surface area contributed by atoms with E-state index in [1.165, 1.54) is 42.4 Å². The standard InChI is InChI=1S/C23H28N2O.BrH/c26-23(24-22-14-8-12-20-11-7-13-21(20)22)18-25(15-5-2-6-16-25)17-19-9-3-1-4-10-19;/h1,3-4,8-10,12,14H,2,5-7,11,13,15-18H2;1H. The van der Waals surface area contributed by atoms with Gasteiger partial charge >= 0.3 is 0 Å². The van der Waals surface area contributed by atoms with E-state index in [-0.39, 0.29) is 22.9 Å². The van der Waals surface area contributed by atoms with Gasteiger partial charge in [-0.15, -0.1) is 0 Å². The molecule has 4 heteroatoms. The summed E-state index contributed by atoms with van der Waals surface area (Å²) in [5.74, 6) is 0.170. The number of fused-ring (bicyclic) bond motifs is 1. The number of benzene rings is 2. The summed E-state index contributed by atoms with van der Waals surface area (Å²) in [7, 11) is 0. The van der Waals surface area contributed by atoms with Crippen LogP contribution in [0.25, 0.3) is 0 Å². The highest BCUT2D eigenvalue weighted by Crippen LogP contribution is 2.29. The Bertz CT molecular complexity index is 769.